The van der Waals surface area contributed by atoms with Crippen molar-refractivity contribution in [2.75, 3.05) is 6.54 Å². The van der Waals surface area contributed by atoms with Crippen molar-refractivity contribution in [1.82, 2.24) is 0 Å². The molecule has 1 nitrogen and oxygen atoms in total. The van der Waals surface area contributed by atoms with Crippen LogP contribution in [0.25, 0.3) is 0 Å². The molecule has 1 aromatic carbocycles. The van der Waals surface area contributed by atoms with E-state index in [1.807, 2.05) is 18.2 Å². The lowest BCUT2D eigenvalue weighted by Gasteiger charge is -2.03. The fourth-order valence-corrected chi connectivity index (χ4v) is 1.26. The lowest BCUT2D eigenvalue weighted by molar-refractivity contribution is 0.958. The van der Waals surface area contributed by atoms with Gasteiger partial charge in [0, 0.05) is 5.02 Å². The first kappa shape index (κ1) is 11.8. The normalized spacial score (nSPS) is 9.25. The third-order valence-corrected chi connectivity index (χ3v) is 1.96. The van der Waals surface area contributed by atoms with Gasteiger partial charge in [-0.2, -0.15) is 0 Å². The van der Waals surface area contributed by atoms with Crippen molar-refractivity contribution in [3.8, 4) is 0 Å². The molecule has 0 spiro atoms. The zero-order chi connectivity index (χ0) is 8.27. The van der Waals surface area contributed by atoms with Crippen molar-refractivity contribution < 1.29 is 0 Å². The van der Waals surface area contributed by atoms with E-state index in [2.05, 4.69) is 6.92 Å². The van der Waals surface area contributed by atoms with E-state index in [0.29, 0.717) is 6.54 Å². The van der Waals surface area contributed by atoms with E-state index >= 15 is 0 Å². The fourth-order valence-electron chi connectivity index (χ4n) is 1.06. The summed E-state index contributed by atoms with van der Waals surface area (Å²) in [5.41, 5.74) is 7.95. The van der Waals surface area contributed by atoms with Crippen LogP contribution in [0.5, 0.6) is 0 Å². The Hall–Kier alpha value is -0.240. The molecule has 0 saturated heterocycles. The first-order valence-corrected chi connectivity index (χ1v) is 4.07. The summed E-state index contributed by atoms with van der Waals surface area (Å²) in [4.78, 5) is 0. The van der Waals surface area contributed by atoms with Gasteiger partial charge in [-0.1, -0.05) is 17.7 Å². The maximum absolute atomic E-state index is 5.81. The van der Waals surface area contributed by atoms with Crippen molar-refractivity contribution in [1.29, 1.82) is 0 Å². The maximum Gasteiger partial charge on any atom is 0.0408 e. The highest BCUT2D eigenvalue weighted by Crippen LogP contribution is 2.15. The van der Waals surface area contributed by atoms with Crippen molar-refractivity contribution in [3.05, 3.63) is 34.3 Å². The van der Waals surface area contributed by atoms with Crippen molar-refractivity contribution in [2.24, 2.45) is 5.73 Å². The molecular weight excluding hydrogens is 193 g/mol. The van der Waals surface area contributed by atoms with Gasteiger partial charge < -0.3 is 5.73 Å². The highest BCUT2D eigenvalue weighted by atomic mass is 35.5. The predicted octanol–water partition coefficient (Wildman–Crippen LogP) is 2.57. The lowest BCUT2D eigenvalue weighted by Crippen LogP contribution is -2.03. The third-order valence-electron chi connectivity index (χ3n) is 1.72. The Morgan fingerprint density at radius 1 is 1.42 bits per heavy atom. The quantitative estimate of drug-likeness (QED) is 0.790. The molecule has 0 atom stereocenters. The molecule has 0 bridgehead atoms. The summed E-state index contributed by atoms with van der Waals surface area (Å²) < 4.78 is 0. The van der Waals surface area contributed by atoms with Gasteiger partial charge in [0.05, 0.1) is 0 Å². The van der Waals surface area contributed by atoms with E-state index in [1.165, 1.54) is 11.1 Å². The van der Waals surface area contributed by atoms with Crippen LogP contribution in [0.3, 0.4) is 0 Å². The van der Waals surface area contributed by atoms with E-state index in [0.717, 1.165) is 11.4 Å². The predicted molar refractivity (Wildman–Crippen MR) is 56.2 cm³/mol. The highest BCUT2D eigenvalue weighted by Gasteiger charge is 1.96. The molecule has 68 valence electrons. The molecule has 3 heteroatoms. The van der Waals surface area contributed by atoms with Gasteiger partial charge in [0.2, 0.25) is 0 Å². The van der Waals surface area contributed by atoms with Gasteiger partial charge in [0.15, 0.2) is 0 Å². The van der Waals surface area contributed by atoms with Crippen molar-refractivity contribution in [3.63, 3.8) is 0 Å². The standard InChI is InChI=1S/C9H12ClN.ClH/c1-7-2-3-9(10)6-8(7)4-5-11;/h2-3,6H,4-5,11H2,1H3;1H. The van der Waals surface area contributed by atoms with Crippen LogP contribution in [0.15, 0.2) is 18.2 Å². The number of hydrogen-bond acceptors (Lipinski definition) is 1. The van der Waals surface area contributed by atoms with Gasteiger partial charge in [-0.3, -0.25) is 0 Å². The Kier molecular flexibility index (Phi) is 5.31. The number of benzene rings is 1. The molecule has 1 aromatic rings. The molecule has 0 aromatic heterocycles. The van der Waals surface area contributed by atoms with Gasteiger partial charge in [-0.15, -0.1) is 12.4 Å². The Morgan fingerprint density at radius 3 is 2.67 bits per heavy atom. The van der Waals surface area contributed by atoms with Crippen LogP contribution < -0.4 is 5.73 Å². The van der Waals surface area contributed by atoms with Crippen LogP contribution in [0, 0.1) is 6.92 Å². The molecule has 0 radical (unpaired) electrons. The molecule has 0 fully saturated rings. The average molecular weight is 206 g/mol. The minimum absolute atomic E-state index is 0. The summed E-state index contributed by atoms with van der Waals surface area (Å²) in [7, 11) is 0. The second-order valence-electron chi connectivity index (χ2n) is 2.61. The second-order valence-corrected chi connectivity index (χ2v) is 3.05. The van der Waals surface area contributed by atoms with E-state index in [9.17, 15) is 0 Å². The zero-order valence-electron chi connectivity index (χ0n) is 7.01. The Morgan fingerprint density at radius 2 is 2.08 bits per heavy atom. The molecule has 2 N–H and O–H groups in total. The van der Waals surface area contributed by atoms with Crippen molar-refractivity contribution >= 4 is 24.0 Å². The number of hydrogen-bond donors (Lipinski definition) is 1. The summed E-state index contributed by atoms with van der Waals surface area (Å²) in [6, 6.07) is 5.90. The molecule has 0 aliphatic rings. The first-order valence-electron chi connectivity index (χ1n) is 3.69. The number of aryl methyl sites for hydroxylation is 1. The fraction of sp³-hybridized carbons (Fsp3) is 0.333. The van der Waals surface area contributed by atoms with Gasteiger partial charge >= 0.3 is 0 Å². The SMILES string of the molecule is Cc1ccc(Cl)cc1CCN.Cl. The molecule has 0 unspecified atom stereocenters. The Balaban J connectivity index is 0.00000121. The summed E-state index contributed by atoms with van der Waals surface area (Å²) >= 11 is 5.81. The second kappa shape index (κ2) is 5.41. The van der Waals surface area contributed by atoms with Gasteiger partial charge in [-0.25, -0.2) is 0 Å². The minimum atomic E-state index is 0. The van der Waals surface area contributed by atoms with Gasteiger partial charge in [0.25, 0.3) is 0 Å². The summed E-state index contributed by atoms with van der Waals surface area (Å²) in [6.07, 6.45) is 0.909. The van der Waals surface area contributed by atoms with Crippen LogP contribution in [-0.4, -0.2) is 6.54 Å². The van der Waals surface area contributed by atoms with Crippen LogP contribution in [-0.2, 0) is 6.42 Å². The molecule has 0 aliphatic carbocycles. The summed E-state index contributed by atoms with van der Waals surface area (Å²) in [6.45, 7) is 2.75. The minimum Gasteiger partial charge on any atom is -0.330 e. The summed E-state index contributed by atoms with van der Waals surface area (Å²) in [5.74, 6) is 0. The van der Waals surface area contributed by atoms with Crippen LogP contribution in [0.1, 0.15) is 11.1 Å². The van der Waals surface area contributed by atoms with Crippen molar-refractivity contribution in [2.45, 2.75) is 13.3 Å². The number of nitrogens with two attached hydrogens (primary N) is 1. The van der Waals surface area contributed by atoms with Crippen LogP contribution in [0.4, 0.5) is 0 Å². The largest absolute Gasteiger partial charge is 0.330 e. The van der Waals surface area contributed by atoms with E-state index < -0.39 is 0 Å². The molecule has 0 heterocycles. The summed E-state index contributed by atoms with van der Waals surface area (Å²) in [5, 5.41) is 0.791. The smallest absolute Gasteiger partial charge is 0.0408 e. The number of halogens is 2. The van der Waals surface area contributed by atoms with Crippen LogP contribution in [0.2, 0.25) is 5.02 Å². The Labute approximate surface area is 84.3 Å². The molecule has 0 amide bonds. The lowest BCUT2D eigenvalue weighted by atomic mass is 10.1. The van der Waals surface area contributed by atoms with Crippen LogP contribution >= 0.6 is 24.0 Å². The molecular formula is C9H13Cl2N. The molecule has 1 rings (SSSR count). The monoisotopic (exact) mass is 205 g/mol. The van der Waals surface area contributed by atoms with E-state index in [4.69, 9.17) is 17.3 Å². The average Bonchev–Trinajstić information content (AvgIpc) is 1.98. The Bertz CT molecular complexity index is 248. The molecule has 0 saturated carbocycles. The number of rotatable bonds is 2. The van der Waals surface area contributed by atoms with Gasteiger partial charge in [0.1, 0.15) is 0 Å². The topological polar surface area (TPSA) is 26.0 Å². The highest BCUT2D eigenvalue weighted by molar-refractivity contribution is 6.30. The van der Waals surface area contributed by atoms with E-state index in [-0.39, 0.29) is 12.4 Å². The van der Waals surface area contributed by atoms with E-state index in [1.54, 1.807) is 0 Å². The molecule has 12 heavy (non-hydrogen) atoms. The maximum atomic E-state index is 5.81. The zero-order valence-corrected chi connectivity index (χ0v) is 8.58. The first-order chi connectivity index (χ1) is 5.24. The third kappa shape index (κ3) is 3.02. The molecule has 0 aliphatic heterocycles. The van der Waals surface area contributed by atoms with Gasteiger partial charge in [-0.05, 0) is 43.1 Å².